The molecule has 0 heteroatoms. The van der Waals surface area contributed by atoms with Gasteiger partial charge in [-0.25, -0.2) is 0 Å². The van der Waals surface area contributed by atoms with E-state index in [9.17, 15) is 0 Å². The average molecular weight is 250 g/mol. The second-order valence-electron chi connectivity index (χ2n) is 7.09. The first-order valence-electron chi connectivity index (χ1n) is 8.88. The summed E-state index contributed by atoms with van der Waals surface area (Å²) in [5.74, 6) is 3.20. The van der Waals surface area contributed by atoms with Crippen molar-refractivity contribution in [1.29, 1.82) is 0 Å². The number of fused-ring (bicyclic) bond motifs is 1. The first kappa shape index (κ1) is 14.4. The van der Waals surface area contributed by atoms with Crippen LogP contribution in [0.5, 0.6) is 0 Å². The summed E-state index contributed by atoms with van der Waals surface area (Å²) in [6.45, 7) is 2.54. The molecule has 2 fully saturated rings. The molecule has 0 bridgehead atoms. The van der Waals surface area contributed by atoms with Crippen molar-refractivity contribution in [2.75, 3.05) is 0 Å². The zero-order chi connectivity index (χ0) is 12.6. The monoisotopic (exact) mass is 250 g/mol. The van der Waals surface area contributed by atoms with Gasteiger partial charge in [-0.15, -0.1) is 0 Å². The van der Waals surface area contributed by atoms with Crippen LogP contribution in [0.2, 0.25) is 0 Å². The van der Waals surface area contributed by atoms with E-state index in [0.29, 0.717) is 0 Å². The largest absolute Gasteiger partial charge is 0.0622 e. The molecule has 0 saturated heterocycles. The molecular formula is C18H34. The molecule has 0 aliphatic heterocycles. The van der Waals surface area contributed by atoms with Crippen LogP contribution in [0, 0.1) is 17.8 Å². The summed E-state index contributed by atoms with van der Waals surface area (Å²) >= 11 is 0. The van der Waals surface area contributed by atoms with Gasteiger partial charge in [0.25, 0.3) is 0 Å². The molecule has 0 radical (unpaired) electrons. The minimum Gasteiger partial charge on any atom is -0.0622 e. The molecule has 18 heavy (non-hydrogen) atoms. The van der Waals surface area contributed by atoms with E-state index >= 15 is 0 Å². The highest BCUT2D eigenvalue weighted by molar-refractivity contribution is 4.80. The zero-order valence-electron chi connectivity index (χ0n) is 12.6. The van der Waals surface area contributed by atoms with E-state index in [1.165, 1.54) is 70.6 Å². The summed E-state index contributed by atoms with van der Waals surface area (Å²) in [6.07, 6.45) is 21.3. The van der Waals surface area contributed by atoms with Crippen molar-refractivity contribution in [1.82, 2.24) is 0 Å². The lowest BCUT2D eigenvalue weighted by Crippen LogP contribution is -2.26. The van der Waals surface area contributed by atoms with Gasteiger partial charge >= 0.3 is 0 Å². The molecular weight excluding hydrogens is 216 g/mol. The number of hydrogen-bond acceptors (Lipinski definition) is 0. The maximum atomic E-state index is 2.54. The lowest BCUT2D eigenvalue weighted by atomic mass is 9.69. The Morgan fingerprint density at radius 2 is 1.00 bits per heavy atom. The quantitative estimate of drug-likeness (QED) is 0.470. The van der Waals surface area contributed by atoms with Crippen molar-refractivity contribution in [3.8, 4) is 0 Å². The van der Waals surface area contributed by atoms with Crippen LogP contribution in [0.15, 0.2) is 0 Å². The molecule has 3 unspecified atom stereocenters. The number of hydrogen-bond donors (Lipinski definition) is 0. The van der Waals surface area contributed by atoms with Gasteiger partial charge in [-0.3, -0.25) is 0 Å². The van der Waals surface area contributed by atoms with Crippen molar-refractivity contribution in [2.24, 2.45) is 17.8 Å². The minimum atomic E-state index is 1.02. The van der Waals surface area contributed by atoms with Gasteiger partial charge in [-0.05, 0) is 24.2 Å². The van der Waals surface area contributed by atoms with E-state index in [0.717, 1.165) is 17.8 Å². The molecule has 0 amide bonds. The van der Waals surface area contributed by atoms with Gasteiger partial charge in [0.1, 0.15) is 0 Å². The first-order chi connectivity index (χ1) is 8.88. The average Bonchev–Trinajstić information content (AvgIpc) is 2.39. The Kier molecular flexibility index (Phi) is 6.59. The van der Waals surface area contributed by atoms with Gasteiger partial charge in [0, 0.05) is 0 Å². The van der Waals surface area contributed by atoms with E-state index < -0.39 is 0 Å². The fourth-order valence-corrected chi connectivity index (χ4v) is 4.50. The first-order valence-corrected chi connectivity index (χ1v) is 8.88. The molecule has 0 nitrogen and oxygen atoms in total. The fraction of sp³-hybridized carbons (Fsp3) is 1.00. The topological polar surface area (TPSA) is 0 Å². The molecule has 0 spiro atoms. The van der Waals surface area contributed by atoms with Crippen molar-refractivity contribution in [3.05, 3.63) is 0 Å². The molecule has 3 atom stereocenters. The Bertz CT molecular complexity index is 208. The van der Waals surface area contributed by atoms with E-state index in [1.807, 2.05) is 0 Å². The lowest BCUT2D eigenvalue weighted by molar-refractivity contribution is 0.140. The smallest absolute Gasteiger partial charge is 0.0360 e. The minimum absolute atomic E-state index is 1.02. The maximum absolute atomic E-state index is 2.54. The van der Waals surface area contributed by atoms with E-state index in [-0.39, 0.29) is 0 Å². The van der Waals surface area contributed by atoms with Crippen molar-refractivity contribution in [2.45, 2.75) is 96.8 Å². The Morgan fingerprint density at radius 3 is 1.67 bits per heavy atom. The Morgan fingerprint density at radius 1 is 0.500 bits per heavy atom. The third-order valence-corrected chi connectivity index (χ3v) is 5.68. The highest BCUT2D eigenvalue weighted by Crippen LogP contribution is 2.40. The van der Waals surface area contributed by atoms with Crippen LogP contribution in [-0.4, -0.2) is 0 Å². The van der Waals surface area contributed by atoms with E-state index in [1.54, 1.807) is 19.3 Å². The highest BCUT2D eigenvalue weighted by atomic mass is 14.3. The van der Waals surface area contributed by atoms with Gasteiger partial charge in [0.05, 0.1) is 0 Å². The summed E-state index contributed by atoms with van der Waals surface area (Å²) in [5, 5.41) is 0. The Labute approximate surface area is 115 Å². The molecule has 2 aliphatic rings. The molecule has 106 valence electrons. The highest BCUT2D eigenvalue weighted by Gasteiger charge is 2.29. The predicted octanol–water partition coefficient (Wildman–Crippen LogP) is 6.34. The van der Waals surface area contributed by atoms with Crippen molar-refractivity contribution >= 4 is 0 Å². The van der Waals surface area contributed by atoms with E-state index in [2.05, 4.69) is 6.92 Å². The van der Waals surface area contributed by atoms with Crippen LogP contribution < -0.4 is 0 Å². The molecule has 0 heterocycles. The van der Waals surface area contributed by atoms with Gasteiger partial charge in [-0.2, -0.15) is 0 Å². The standard InChI is InChI=1S/C18H34/c1-16-12-11-14-17-13-9-7-5-3-2-4-6-8-10-15-18(16)17/h16-18H,2-15H2,1H3. The lowest BCUT2D eigenvalue weighted by Gasteiger charge is -2.37. The third-order valence-electron chi connectivity index (χ3n) is 5.68. The zero-order valence-corrected chi connectivity index (χ0v) is 12.6. The second-order valence-corrected chi connectivity index (χ2v) is 7.09. The van der Waals surface area contributed by atoms with Crippen LogP contribution >= 0.6 is 0 Å². The summed E-state index contributed by atoms with van der Waals surface area (Å²) in [4.78, 5) is 0. The molecule has 0 aromatic heterocycles. The normalized spacial score (nSPS) is 36.8. The molecule has 2 aliphatic carbocycles. The van der Waals surface area contributed by atoms with Crippen LogP contribution in [0.3, 0.4) is 0 Å². The van der Waals surface area contributed by atoms with E-state index in [4.69, 9.17) is 0 Å². The van der Waals surface area contributed by atoms with Gasteiger partial charge in [0.15, 0.2) is 0 Å². The van der Waals surface area contributed by atoms with Crippen LogP contribution in [-0.2, 0) is 0 Å². The second kappa shape index (κ2) is 8.23. The van der Waals surface area contributed by atoms with Gasteiger partial charge in [-0.1, -0.05) is 90.4 Å². The Balaban J connectivity index is 1.85. The molecule has 0 aromatic rings. The molecule has 2 saturated carbocycles. The van der Waals surface area contributed by atoms with Crippen molar-refractivity contribution in [3.63, 3.8) is 0 Å². The van der Waals surface area contributed by atoms with Crippen LogP contribution in [0.25, 0.3) is 0 Å². The molecule has 0 aromatic carbocycles. The Hall–Kier alpha value is 0. The predicted molar refractivity (Wildman–Crippen MR) is 80.8 cm³/mol. The van der Waals surface area contributed by atoms with Gasteiger partial charge < -0.3 is 0 Å². The molecule has 0 N–H and O–H groups in total. The van der Waals surface area contributed by atoms with Crippen LogP contribution in [0.1, 0.15) is 96.8 Å². The molecule has 2 rings (SSSR count). The summed E-state index contributed by atoms with van der Waals surface area (Å²) in [6, 6.07) is 0. The number of rotatable bonds is 0. The summed E-state index contributed by atoms with van der Waals surface area (Å²) in [5.41, 5.74) is 0. The summed E-state index contributed by atoms with van der Waals surface area (Å²) < 4.78 is 0. The SMILES string of the molecule is CC1CCCC2CCCCCCCCCCCC12. The van der Waals surface area contributed by atoms with Gasteiger partial charge in [0.2, 0.25) is 0 Å². The maximum Gasteiger partial charge on any atom is -0.0360 e. The van der Waals surface area contributed by atoms with Crippen molar-refractivity contribution < 1.29 is 0 Å². The fourth-order valence-electron chi connectivity index (χ4n) is 4.50. The van der Waals surface area contributed by atoms with Crippen LogP contribution in [0.4, 0.5) is 0 Å². The third kappa shape index (κ3) is 4.59. The summed E-state index contributed by atoms with van der Waals surface area (Å²) in [7, 11) is 0.